The van der Waals surface area contributed by atoms with Crippen LogP contribution < -0.4 is 0 Å². The Balaban J connectivity index is 2.54. The second-order valence-corrected chi connectivity index (χ2v) is 8.91. The van der Waals surface area contributed by atoms with E-state index in [1.165, 1.54) is 16.8 Å². The molecule has 0 saturated carbocycles. The largest absolute Gasteiger partial charge is 0.288 e. The number of hydrogen-bond donors (Lipinski definition) is 0. The van der Waals surface area contributed by atoms with Crippen molar-refractivity contribution in [2.45, 2.75) is 5.66 Å². The molecule has 0 saturated heterocycles. The Labute approximate surface area is 133 Å². The van der Waals surface area contributed by atoms with Crippen LogP contribution in [0.5, 0.6) is 0 Å². The Morgan fingerprint density at radius 1 is 1.05 bits per heavy atom. The maximum Gasteiger partial charge on any atom is 0.269 e. The van der Waals surface area contributed by atoms with E-state index in [0.717, 1.165) is 5.56 Å². The molecule has 0 N–H and O–H groups in total. The summed E-state index contributed by atoms with van der Waals surface area (Å²) in [7, 11) is 3.32. The Bertz CT molecular complexity index is 704. The third kappa shape index (κ3) is 3.38. The predicted molar refractivity (Wildman–Crippen MR) is 88.5 cm³/mol. The van der Waals surface area contributed by atoms with Gasteiger partial charge in [0.25, 0.3) is 5.69 Å². The first-order valence-electron chi connectivity index (χ1n) is 6.60. The molecule has 0 aliphatic carbocycles. The quantitative estimate of drug-likeness (QED) is 0.451. The second-order valence-electron chi connectivity index (χ2n) is 5.05. The fourth-order valence-corrected chi connectivity index (χ4v) is 4.42. The molecule has 0 bridgehead atoms. The number of rotatable bonds is 5. The Hall–Kier alpha value is -1.68. The highest BCUT2D eigenvalue weighted by Crippen LogP contribution is 2.67. The summed E-state index contributed by atoms with van der Waals surface area (Å²) in [6, 6.07) is 15.3. The van der Waals surface area contributed by atoms with Gasteiger partial charge in [-0.25, -0.2) is 4.67 Å². The van der Waals surface area contributed by atoms with Crippen LogP contribution in [0.25, 0.3) is 0 Å². The summed E-state index contributed by atoms with van der Waals surface area (Å²) in [6.45, 7) is -3.22. The molecule has 2 aromatic carbocycles. The van der Waals surface area contributed by atoms with Gasteiger partial charge in [-0.15, -0.1) is 0 Å². The average molecular weight is 339 g/mol. The summed E-state index contributed by atoms with van der Waals surface area (Å²) in [5.41, 5.74) is 0.934. The Morgan fingerprint density at radius 2 is 1.55 bits per heavy atom. The van der Waals surface area contributed by atoms with Gasteiger partial charge in [0.05, 0.1) is 10.6 Å². The standard InChI is InChI=1S/C15H16ClN2O3P/c1-17(2)22(16,21)15(12-6-4-3-5-7-12)13-8-10-14(11-9-13)18(19)20/h3-11,15H,1-2H3. The van der Waals surface area contributed by atoms with Crippen LogP contribution in [-0.2, 0) is 4.57 Å². The lowest BCUT2D eigenvalue weighted by Crippen LogP contribution is -2.12. The molecule has 0 amide bonds. The first kappa shape index (κ1) is 16.7. The fourth-order valence-electron chi connectivity index (χ4n) is 2.20. The molecule has 0 fully saturated rings. The van der Waals surface area contributed by atoms with Crippen molar-refractivity contribution in [2.75, 3.05) is 14.1 Å². The summed E-state index contributed by atoms with van der Waals surface area (Å²) in [4.78, 5) is 10.3. The SMILES string of the molecule is CN(C)P(=O)(Cl)C(c1ccccc1)c1ccc([N+](=O)[O-])cc1. The lowest BCUT2D eigenvalue weighted by molar-refractivity contribution is -0.384. The minimum atomic E-state index is -3.22. The van der Waals surface area contributed by atoms with Crippen LogP contribution in [0.15, 0.2) is 54.6 Å². The minimum absolute atomic E-state index is 0.00943. The molecular weight excluding hydrogens is 323 g/mol. The molecule has 0 aliphatic rings. The highest BCUT2D eigenvalue weighted by atomic mass is 35.7. The summed E-state index contributed by atoms with van der Waals surface area (Å²) < 4.78 is 14.5. The predicted octanol–water partition coefficient (Wildman–Crippen LogP) is 4.68. The van der Waals surface area contributed by atoms with E-state index in [2.05, 4.69) is 0 Å². The summed E-state index contributed by atoms with van der Waals surface area (Å²) in [6.07, 6.45) is 0. The van der Waals surface area contributed by atoms with Gasteiger partial charge in [0.2, 0.25) is 6.65 Å². The molecule has 2 aromatic rings. The zero-order valence-electron chi connectivity index (χ0n) is 12.2. The van der Waals surface area contributed by atoms with E-state index in [4.69, 9.17) is 11.2 Å². The van der Waals surface area contributed by atoms with Crippen LogP contribution in [0.3, 0.4) is 0 Å². The van der Waals surface area contributed by atoms with Crippen LogP contribution in [-0.4, -0.2) is 23.7 Å². The van der Waals surface area contributed by atoms with E-state index in [9.17, 15) is 14.7 Å². The van der Waals surface area contributed by atoms with Crippen LogP contribution in [0, 0.1) is 10.1 Å². The molecule has 2 rings (SSSR count). The summed E-state index contributed by atoms with van der Waals surface area (Å²) >= 11 is 6.36. The number of nitro benzene ring substituents is 1. The molecule has 116 valence electrons. The number of nitrogens with zero attached hydrogens (tertiary/aromatic N) is 2. The molecule has 22 heavy (non-hydrogen) atoms. The van der Waals surface area contributed by atoms with E-state index in [1.807, 2.05) is 30.3 Å². The van der Waals surface area contributed by atoms with Gasteiger partial charge < -0.3 is 0 Å². The summed E-state index contributed by atoms with van der Waals surface area (Å²) in [5, 5.41) is 10.8. The first-order chi connectivity index (χ1) is 10.3. The van der Waals surface area contributed by atoms with Crippen molar-refractivity contribution in [1.29, 1.82) is 0 Å². The third-order valence-electron chi connectivity index (χ3n) is 3.40. The van der Waals surface area contributed by atoms with Crippen molar-refractivity contribution < 1.29 is 9.49 Å². The lowest BCUT2D eigenvalue weighted by Gasteiger charge is -2.28. The number of hydrogen-bond acceptors (Lipinski definition) is 3. The molecule has 0 radical (unpaired) electrons. The average Bonchev–Trinajstić information content (AvgIpc) is 2.48. The van der Waals surface area contributed by atoms with Gasteiger partial charge in [0.1, 0.15) is 0 Å². The van der Waals surface area contributed by atoms with E-state index < -0.39 is 17.2 Å². The lowest BCUT2D eigenvalue weighted by atomic mass is 10.0. The van der Waals surface area contributed by atoms with Gasteiger partial charge in [-0.05, 0) is 36.5 Å². The molecule has 7 heteroatoms. The molecule has 2 unspecified atom stereocenters. The van der Waals surface area contributed by atoms with Crippen molar-refractivity contribution in [3.05, 3.63) is 75.8 Å². The van der Waals surface area contributed by atoms with E-state index in [1.54, 1.807) is 26.2 Å². The molecule has 0 heterocycles. The van der Waals surface area contributed by atoms with Crippen LogP contribution >= 0.6 is 17.9 Å². The second kappa shape index (κ2) is 6.61. The molecule has 0 aliphatic heterocycles. The maximum atomic E-state index is 13.0. The molecular formula is C15H16ClN2O3P. The molecule has 2 atom stereocenters. The zero-order chi connectivity index (χ0) is 16.3. The van der Waals surface area contributed by atoms with Gasteiger partial charge in [-0.2, -0.15) is 0 Å². The van der Waals surface area contributed by atoms with Crippen LogP contribution in [0.4, 0.5) is 5.69 Å². The van der Waals surface area contributed by atoms with Gasteiger partial charge in [-0.1, -0.05) is 42.5 Å². The molecule has 0 spiro atoms. The Kier molecular flexibility index (Phi) is 5.01. The van der Waals surface area contributed by atoms with Crippen LogP contribution in [0.1, 0.15) is 16.8 Å². The van der Waals surface area contributed by atoms with Gasteiger partial charge in [0.15, 0.2) is 0 Å². The summed E-state index contributed by atoms with van der Waals surface area (Å²) in [5.74, 6) is 0. The maximum absolute atomic E-state index is 13.0. The van der Waals surface area contributed by atoms with Gasteiger partial charge in [0, 0.05) is 12.1 Å². The minimum Gasteiger partial charge on any atom is -0.288 e. The zero-order valence-corrected chi connectivity index (χ0v) is 13.9. The van der Waals surface area contributed by atoms with Crippen molar-refractivity contribution in [2.24, 2.45) is 0 Å². The molecule has 5 nitrogen and oxygen atoms in total. The monoisotopic (exact) mass is 338 g/mol. The number of benzene rings is 2. The smallest absolute Gasteiger partial charge is 0.269 e. The van der Waals surface area contributed by atoms with E-state index >= 15 is 0 Å². The Morgan fingerprint density at radius 3 is 2.00 bits per heavy atom. The fraction of sp³-hybridized carbons (Fsp3) is 0.200. The van der Waals surface area contributed by atoms with Crippen molar-refractivity contribution in [3.63, 3.8) is 0 Å². The number of halogens is 1. The highest BCUT2D eigenvalue weighted by Gasteiger charge is 2.36. The van der Waals surface area contributed by atoms with Crippen molar-refractivity contribution in [3.8, 4) is 0 Å². The van der Waals surface area contributed by atoms with E-state index in [-0.39, 0.29) is 5.69 Å². The number of nitro groups is 1. The van der Waals surface area contributed by atoms with Gasteiger partial charge in [-0.3, -0.25) is 14.7 Å². The van der Waals surface area contributed by atoms with Gasteiger partial charge >= 0.3 is 0 Å². The highest BCUT2D eigenvalue weighted by molar-refractivity contribution is 7.87. The van der Waals surface area contributed by atoms with E-state index in [0.29, 0.717) is 5.56 Å². The normalized spacial score (nSPS) is 15.3. The first-order valence-corrected chi connectivity index (χ1v) is 9.24. The van der Waals surface area contributed by atoms with Crippen molar-refractivity contribution in [1.82, 2.24) is 4.67 Å². The van der Waals surface area contributed by atoms with Crippen molar-refractivity contribution >= 4 is 23.6 Å². The third-order valence-corrected chi connectivity index (χ3v) is 7.22. The molecule has 0 aromatic heterocycles. The number of non-ortho nitro benzene ring substituents is 1. The van der Waals surface area contributed by atoms with Crippen LogP contribution in [0.2, 0.25) is 0 Å². The topological polar surface area (TPSA) is 63.5 Å².